The lowest BCUT2D eigenvalue weighted by Crippen LogP contribution is -2.29. The van der Waals surface area contributed by atoms with Gasteiger partial charge in [-0.1, -0.05) is 6.92 Å². The number of carbonyl (C=O) groups is 1. The Morgan fingerprint density at radius 2 is 2.29 bits per heavy atom. The number of rotatable bonds is 4. The molecule has 0 spiro atoms. The number of nitrogens with two attached hydrogens (primary N) is 1. The third kappa shape index (κ3) is 2.96. The lowest BCUT2D eigenvalue weighted by molar-refractivity contribution is 0.0946. The van der Waals surface area contributed by atoms with Gasteiger partial charge in [-0.2, -0.15) is 0 Å². The topological polar surface area (TPSA) is 55.1 Å². The van der Waals surface area contributed by atoms with Crippen LogP contribution < -0.4 is 11.1 Å². The first kappa shape index (κ1) is 11.9. The number of carbonyl (C=O) groups excluding carboxylic acids is 1. The standard InChI is InChI=1S/C13H17FN2O/c1-8(9-2-3-9)7-16-13(17)10-4-5-12(15)11(14)6-10/h4-6,8-9H,2-3,7,15H2,1H3,(H,16,17). The molecule has 1 amide bonds. The number of nitrogen functional groups attached to an aromatic ring is 1. The average molecular weight is 236 g/mol. The maximum absolute atomic E-state index is 13.2. The minimum atomic E-state index is -0.548. The Balaban J connectivity index is 1.92. The first-order chi connectivity index (χ1) is 8.08. The summed E-state index contributed by atoms with van der Waals surface area (Å²) in [4.78, 5) is 11.7. The fourth-order valence-corrected chi connectivity index (χ4v) is 1.86. The van der Waals surface area contributed by atoms with E-state index in [1.807, 2.05) is 0 Å². The fraction of sp³-hybridized carbons (Fsp3) is 0.462. The molecule has 1 aromatic carbocycles. The van der Waals surface area contributed by atoms with E-state index in [1.54, 1.807) is 0 Å². The number of hydrogen-bond acceptors (Lipinski definition) is 2. The van der Waals surface area contributed by atoms with Gasteiger partial charge in [0.1, 0.15) is 5.82 Å². The van der Waals surface area contributed by atoms with Gasteiger partial charge in [0.05, 0.1) is 5.69 Å². The van der Waals surface area contributed by atoms with Crippen LogP contribution in [0.25, 0.3) is 0 Å². The first-order valence-corrected chi connectivity index (χ1v) is 5.91. The first-order valence-electron chi connectivity index (χ1n) is 5.91. The molecule has 4 heteroatoms. The van der Waals surface area contributed by atoms with Crippen molar-refractivity contribution in [1.82, 2.24) is 5.32 Å². The van der Waals surface area contributed by atoms with Crippen LogP contribution in [0.4, 0.5) is 10.1 Å². The minimum Gasteiger partial charge on any atom is -0.396 e. The summed E-state index contributed by atoms with van der Waals surface area (Å²) in [7, 11) is 0. The highest BCUT2D eigenvalue weighted by molar-refractivity contribution is 5.94. The normalized spacial score (nSPS) is 16.6. The van der Waals surface area contributed by atoms with Gasteiger partial charge in [0.15, 0.2) is 0 Å². The quantitative estimate of drug-likeness (QED) is 0.787. The van der Waals surface area contributed by atoms with Gasteiger partial charge in [-0.3, -0.25) is 4.79 Å². The molecule has 92 valence electrons. The molecular formula is C13H17FN2O. The van der Waals surface area contributed by atoms with Crippen LogP contribution in [0.5, 0.6) is 0 Å². The number of amides is 1. The number of anilines is 1. The van der Waals surface area contributed by atoms with E-state index >= 15 is 0 Å². The van der Waals surface area contributed by atoms with E-state index in [1.165, 1.54) is 31.0 Å². The van der Waals surface area contributed by atoms with Crippen LogP contribution in [0.2, 0.25) is 0 Å². The molecule has 2 rings (SSSR count). The molecule has 1 fully saturated rings. The Hall–Kier alpha value is -1.58. The van der Waals surface area contributed by atoms with Crippen molar-refractivity contribution in [3.05, 3.63) is 29.6 Å². The molecule has 1 aliphatic carbocycles. The summed E-state index contributed by atoms with van der Waals surface area (Å²) in [5.74, 6) is 0.459. The SMILES string of the molecule is CC(CNC(=O)c1ccc(N)c(F)c1)C1CC1. The Morgan fingerprint density at radius 1 is 1.59 bits per heavy atom. The Labute approximate surface area is 100 Å². The number of nitrogens with one attached hydrogen (secondary N) is 1. The molecule has 0 saturated heterocycles. The van der Waals surface area contributed by atoms with Gasteiger partial charge < -0.3 is 11.1 Å². The molecule has 1 aromatic rings. The Morgan fingerprint density at radius 3 is 2.88 bits per heavy atom. The van der Waals surface area contributed by atoms with Gasteiger partial charge in [-0.05, 0) is 42.9 Å². The smallest absolute Gasteiger partial charge is 0.251 e. The molecule has 1 aliphatic rings. The van der Waals surface area contributed by atoms with E-state index in [-0.39, 0.29) is 11.6 Å². The second-order valence-electron chi connectivity index (χ2n) is 4.76. The predicted molar refractivity (Wildman–Crippen MR) is 65.0 cm³/mol. The number of halogens is 1. The minimum absolute atomic E-state index is 0.0629. The fourth-order valence-electron chi connectivity index (χ4n) is 1.86. The second kappa shape index (κ2) is 4.73. The maximum Gasteiger partial charge on any atom is 0.251 e. The van der Waals surface area contributed by atoms with E-state index in [2.05, 4.69) is 12.2 Å². The average Bonchev–Trinajstić information content (AvgIpc) is 3.13. The zero-order valence-corrected chi connectivity index (χ0v) is 9.87. The van der Waals surface area contributed by atoms with E-state index in [0.29, 0.717) is 18.0 Å². The second-order valence-corrected chi connectivity index (χ2v) is 4.76. The summed E-state index contributed by atoms with van der Waals surface area (Å²) in [6, 6.07) is 4.12. The van der Waals surface area contributed by atoms with Crippen molar-refractivity contribution in [1.29, 1.82) is 0 Å². The van der Waals surface area contributed by atoms with Crippen molar-refractivity contribution < 1.29 is 9.18 Å². The van der Waals surface area contributed by atoms with Crippen molar-refractivity contribution >= 4 is 11.6 Å². The van der Waals surface area contributed by atoms with E-state index in [4.69, 9.17) is 5.73 Å². The third-order valence-electron chi connectivity index (χ3n) is 3.27. The van der Waals surface area contributed by atoms with Gasteiger partial charge >= 0.3 is 0 Å². The molecular weight excluding hydrogens is 219 g/mol. The van der Waals surface area contributed by atoms with E-state index in [9.17, 15) is 9.18 Å². The zero-order valence-electron chi connectivity index (χ0n) is 9.87. The Kier molecular flexibility index (Phi) is 3.31. The maximum atomic E-state index is 13.2. The summed E-state index contributed by atoms with van der Waals surface area (Å²) in [5.41, 5.74) is 5.73. The summed E-state index contributed by atoms with van der Waals surface area (Å²) in [6.07, 6.45) is 2.51. The summed E-state index contributed by atoms with van der Waals surface area (Å²) in [5, 5.41) is 2.82. The highest BCUT2D eigenvalue weighted by Gasteiger charge is 2.27. The van der Waals surface area contributed by atoms with Crippen molar-refractivity contribution in [2.24, 2.45) is 11.8 Å². The van der Waals surface area contributed by atoms with Crippen LogP contribution in [-0.2, 0) is 0 Å². The predicted octanol–water partition coefficient (Wildman–Crippen LogP) is 2.18. The summed E-state index contributed by atoms with van der Waals surface area (Å²) >= 11 is 0. The number of hydrogen-bond donors (Lipinski definition) is 2. The van der Waals surface area contributed by atoms with Crippen molar-refractivity contribution in [2.45, 2.75) is 19.8 Å². The van der Waals surface area contributed by atoms with Crippen LogP contribution in [0.15, 0.2) is 18.2 Å². The zero-order chi connectivity index (χ0) is 12.4. The van der Waals surface area contributed by atoms with Crippen molar-refractivity contribution in [3.8, 4) is 0 Å². The lowest BCUT2D eigenvalue weighted by atomic mass is 10.1. The lowest BCUT2D eigenvalue weighted by Gasteiger charge is -2.11. The van der Waals surface area contributed by atoms with Crippen molar-refractivity contribution in [2.75, 3.05) is 12.3 Å². The highest BCUT2D eigenvalue weighted by Crippen LogP contribution is 2.36. The number of benzene rings is 1. The van der Waals surface area contributed by atoms with Crippen LogP contribution >= 0.6 is 0 Å². The van der Waals surface area contributed by atoms with Crippen LogP contribution in [0.1, 0.15) is 30.1 Å². The summed E-state index contributed by atoms with van der Waals surface area (Å²) < 4.78 is 13.2. The monoisotopic (exact) mass is 236 g/mol. The molecule has 3 nitrogen and oxygen atoms in total. The molecule has 0 aliphatic heterocycles. The molecule has 1 atom stereocenters. The van der Waals surface area contributed by atoms with Gasteiger partial charge in [-0.15, -0.1) is 0 Å². The molecule has 0 aromatic heterocycles. The molecule has 0 heterocycles. The summed E-state index contributed by atoms with van der Waals surface area (Å²) in [6.45, 7) is 2.77. The van der Waals surface area contributed by atoms with Gasteiger partial charge in [0, 0.05) is 12.1 Å². The van der Waals surface area contributed by atoms with E-state index < -0.39 is 5.82 Å². The van der Waals surface area contributed by atoms with E-state index in [0.717, 1.165) is 5.92 Å². The molecule has 1 saturated carbocycles. The van der Waals surface area contributed by atoms with Gasteiger partial charge in [-0.25, -0.2) is 4.39 Å². The Bertz CT molecular complexity index is 429. The molecule has 17 heavy (non-hydrogen) atoms. The highest BCUT2D eigenvalue weighted by atomic mass is 19.1. The molecule has 1 unspecified atom stereocenters. The van der Waals surface area contributed by atoms with Crippen molar-refractivity contribution in [3.63, 3.8) is 0 Å². The van der Waals surface area contributed by atoms with Gasteiger partial charge in [0.25, 0.3) is 5.91 Å². The molecule has 0 bridgehead atoms. The van der Waals surface area contributed by atoms with Crippen LogP contribution in [0, 0.1) is 17.7 Å². The van der Waals surface area contributed by atoms with Crippen LogP contribution in [-0.4, -0.2) is 12.5 Å². The van der Waals surface area contributed by atoms with Crippen LogP contribution in [0.3, 0.4) is 0 Å². The largest absolute Gasteiger partial charge is 0.396 e. The van der Waals surface area contributed by atoms with Gasteiger partial charge in [0.2, 0.25) is 0 Å². The third-order valence-corrected chi connectivity index (χ3v) is 3.27. The molecule has 3 N–H and O–H groups in total. The molecule has 0 radical (unpaired) electrons.